The Kier molecular flexibility index (Phi) is 3.23. The van der Waals surface area contributed by atoms with Gasteiger partial charge in [0.1, 0.15) is 0 Å². The molecule has 0 saturated carbocycles. The second kappa shape index (κ2) is 4.06. The molecule has 0 amide bonds. The molecule has 0 saturated heterocycles. The molecule has 0 aliphatic rings. The van der Waals surface area contributed by atoms with Crippen LogP contribution in [0, 0.1) is 0 Å². The lowest BCUT2D eigenvalue weighted by molar-refractivity contribution is 0.0656. The Morgan fingerprint density at radius 3 is 2.64 bits per heavy atom. The highest BCUT2D eigenvalue weighted by Crippen LogP contribution is 2.24. The third-order valence-corrected chi connectivity index (χ3v) is 2.71. The summed E-state index contributed by atoms with van der Waals surface area (Å²) in [6.45, 7) is 3.36. The smallest absolute Gasteiger partial charge is 0.371 e. The molecule has 0 spiro atoms. The van der Waals surface area contributed by atoms with Gasteiger partial charge in [0.05, 0.1) is 5.60 Å². The van der Waals surface area contributed by atoms with E-state index < -0.39 is 11.6 Å². The van der Waals surface area contributed by atoms with Gasteiger partial charge in [0.2, 0.25) is 5.76 Å². The van der Waals surface area contributed by atoms with E-state index in [1.165, 1.54) is 17.8 Å². The molecule has 1 heterocycles. The van der Waals surface area contributed by atoms with Crippen LogP contribution in [0.4, 0.5) is 0 Å². The van der Waals surface area contributed by atoms with Gasteiger partial charge in [0.25, 0.3) is 0 Å². The Balaban J connectivity index is 2.56. The lowest BCUT2D eigenvalue weighted by Crippen LogP contribution is -2.21. The maximum Gasteiger partial charge on any atom is 0.371 e. The summed E-state index contributed by atoms with van der Waals surface area (Å²) in [5, 5.41) is 18.5. The summed E-state index contributed by atoms with van der Waals surface area (Å²) in [5.74, 6) is -0.706. The molecule has 0 bridgehead atoms. The number of carbonyl (C=O) groups is 1. The number of carboxylic acids is 1. The van der Waals surface area contributed by atoms with Crippen molar-refractivity contribution < 1.29 is 19.4 Å². The van der Waals surface area contributed by atoms with Crippen molar-refractivity contribution in [2.45, 2.75) is 24.5 Å². The van der Waals surface area contributed by atoms with Crippen molar-refractivity contribution in [2.75, 3.05) is 5.75 Å². The summed E-state index contributed by atoms with van der Waals surface area (Å²) < 4.78 is 4.99. The molecule has 2 N–H and O–H groups in total. The van der Waals surface area contributed by atoms with Crippen LogP contribution in [0.1, 0.15) is 24.4 Å². The lowest BCUT2D eigenvalue weighted by atomic mass is 10.2. The molecular formula is C9H12O4S. The van der Waals surface area contributed by atoms with Gasteiger partial charge in [-0.25, -0.2) is 4.79 Å². The molecule has 14 heavy (non-hydrogen) atoms. The van der Waals surface area contributed by atoms with Gasteiger partial charge < -0.3 is 14.6 Å². The minimum absolute atomic E-state index is 0.0803. The quantitative estimate of drug-likeness (QED) is 0.751. The van der Waals surface area contributed by atoms with Gasteiger partial charge in [0, 0.05) is 5.75 Å². The summed E-state index contributed by atoms with van der Waals surface area (Å²) >= 11 is 1.29. The molecule has 0 unspecified atom stereocenters. The van der Waals surface area contributed by atoms with Crippen LogP contribution >= 0.6 is 11.8 Å². The fraction of sp³-hybridized carbons (Fsp3) is 0.444. The number of furan rings is 1. The third kappa shape index (κ3) is 3.43. The predicted octanol–water partition coefficient (Wildman–Crippen LogP) is 1.84. The van der Waals surface area contributed by atoms with Crippen LogP contribution in [0.25, 0.3) is 0 Å². The van der Waals surface area contributed by atoms with Crippen molar-refractivity contribution in [2.24, 2.45) is 0 Å². The number of rotatable bonds is 4. The molecule has 5 heteroatoms. The highest BCUT2D eigenvalue weighted by molar-refractivity contribution is 7.99. The summed E-state index contributed by atoms with van der Waals surface area (Å²) in [7, 11) is 0. The number of aromatic carboxylic acids is 1. The van der Waals surface area contributed by atoms with Crippen LogP contribution < -0.4 is 0 Å². The van der Waals surface area contributed by atoms with E-state index in [2.05, 4.69) is 0 Å². The van der Waals surface area contributed by atoms with Crippen LogP contribution in [0.15, 0.2) is 21.6 Å². The number of hydrogen-bond acceptors (Lipinski definition) is 4. The van der Waals surface area contributed by atoms with Crippen molar-refractivity contribution in [3.8, 4) is 0 Å². The maximum absolute atomic E-state index is 10.5. The first-order valence-electron chi connectivity index (χ1n) is 4.07. The van der Waals surface area contributed by atoms with E-state index in [1.54, 1.807) is 19.9 Å². The third-order valence-electron chi connectivity index (χ3n) is 1.36. The van der Waals surface area contributed by atoms with E-state index in [0.29, 0.717) is 10.8 Å². The van der Waals surface area contributed by atoms with E-state index >= 15 is 0 Å². The molecule has 78 valence electrons. The SMILES string of the molecule is CC(C)(O)CSc1ccc(C(=O)O)o1. The fourth-order valence-corrected chi connectivity index (χ4v) is 1.57. The number of aliphatic hydroxyl groups is 1. The van der Waals surface area contributed by atoms with Crippen LogP contribution in [-0.4, -0.2) is 27.5 Å². The molecule has 1 aromatic heterocycles. The normalized spacial score (nSPS) is 11.6. The van der Waals surface area contributed by atoms with Crippen LogP contribution in [0.5, 0.6) is 0 Å². The van der Waals surface area contributed by atoms with E-state index in [-0.39, 0.29) is 5.76 Å². The van der Waals surface area contributed by atoms with Gasteiger partial charge in [-0.15, -0.1) is 0 Å². The second-order valence-corrected chi connectivity index (χ2v) is 4.50. The van der Waals surface area contributed by atoms with Gasteiger partial charge in [-0.1, -0.05) is 11.8 Å². The Morgan fingerprint density at radius 2 is 2.21 bits per heavy atom. The highest BCUT2D eigenvalue weighted by Gasteiger charge is 2.15. The van der Waals surface area contributed by atoms with Crippen LogP contribution in [-0.2, 0) is 0 Å². The Morgan fingerprint density at radius 1 is 1.57 bits per heavy atom. The zero-order valence-electron chi connectivity index (χ0n) is 7.98. The van der Waals surface area contributed by atoms with Gasteiger partial charge >= 0.3 is 5.97 Å². The number of hydrogen-bond donors (Lipinski definition) is 2. The summed E-state index contributed by atoms with van der Waals surface area (Å²) in [5.41, 5.74) is -0.791. The standard InChI is InChI=1S/C9H12O4S/c1-9(2,12)5-14-7-4-3-6(13-7)8(10)11/h3-4,12H,5H2,1-2H3,(H,10,11). The lowest BCUT2D eigenvalue weighted by Gasteiger charge is -2.14. The van der Waals surface area contributed by atoms with Crippen molar-refractivity contribution in [1.29, 1.82) is 0 Å². The Hall–Kier alpha value is -0.940. The zero-order valence-corrected chi connectivity index (χ0v) is 8.80. The van der Waals surface area contributed by atoms with Crippen LogP contribution in [0.2, 0.25) is 0 Å². The first-order chi connectivity index (χ1) is 6.38. The molecule has 1 rings (SSSR count). The number of carboxylic acid groups (broad SMARTS) is 1. The van der Waals surface area contributed by atoms with E-state index in [1.807, 2.05) is 0 Å². The molecule has 0 aliphatic carbocycles. The second-order valence-electron chi connectivity index (χ2n) is 3.52. The van der Waals surface area contributed by atoms with Crippen molar-refractivity contribution >= 4 is 17.7 Å². The molecule has 0 aliphatic heterocycles. The van der Waals surface area contributed by atoms with Crippen LogP contribution in [0.3, 0.4) is 0 Å². The average molecular weight is 216 g/mol. The van der Waals surface area contributed by atoms with Crippen molar-refractivity contribution in [3.05, 3.63) is 17.9 Å². The summed E-state index contributed by atoms with van der Waals surface area (Å²) in [4.78, 5) is 10.5. The zero-order chi connectivity index (χ0) is 10.8. The maximum atomic E-state index is 10.5. The average Bonchev–Trinajstić information content (AvgIpc) is 2.47. The predicted molar refractivity (Wildman–Crippen MR) is 52.7 cm³/mol. The van der Waals surface area contributed by atoms with Gasteiger partial charge in [-0.3, -0.25) is 0 Å². The molecule has 4 nitrogen and oxygen atoms in total. The Bertz CT molecular complexity index is 324. The largest absolute Gasteiger partial charge is 0.475 e. The molecule has 0 fully saturated rings. The van der Waals surface area contributed by atoms with Gasteiger partial charge in [-0.2, -0.15) is 0 Å². The minimum atomic E-state index is -1.08. The van der Waals surface area contributed by atoms with Gasteiger partial charge in [0.15, 0.2) is 5.09 Å². The molecule has 1 aromatic rings. The summed E-state index contributed by atoms with van der Waals surface area (Å²) in [6.07, 6.45) is 0. The first-order valence-corrected chi connectivity index (χ1v) is 5.05. The molecule has 0 aromatic carbocycles. The molecular weight excluding hydrogens is 204 g/mol. The topological polar surface area (TPSA) is 70.7 Å². The van der Waals surface area contributed by atoms with Crippen molar-refractivity contribution in [1.82, 2.24) is 0 Å². The minimum Gasteiger partial charge on any atom is -0.475 e. The summed E-state index contributed by atoms with van der Waals surface area (Å²) in [6, 6.07) is 2.98. The monoisotopic (exact) mass is 216 g/mol. The Labute approximate surface area is 85.9 Å². The highest BCUT2D eigenvalue weighted by atomic mass is 32.2. The first kappa shape index (κ1) is 11.1. The number of thioether (sulfide) groups is 1. The molecule has 0 radical (unpaired) electrons. The van der Waals surface area contributed by atoms with Crippen molar-refractivity contribution in [3.63, 3.8) is 0 Å². The van der Waals surface area contributed by atoms with Gasteiger partial charge in [-0.05, 0) is 26.0 Å². The fourth-order valence-electron chi connectivity index (χ4n) is 0.760. The van der Waals surface area contributed by atoms with E-state index in [4.69, 9.17) is 9.52 Å². The molecule has 0 atom stereocenters. The van der Waals surface area contributed by atoms with E-state index in [0.717, 1.165) is 0 Å². The van der Waals surface area contributed by atoms with E-state index in [9.17, 15) is 9.90 Å².